The number of carbonyl (C=O) groups is 1. The molecule has 3 aromatic carbocycles. The first-order chi connectivity index (χ1) is 17.8. The monoisotopic (exact) mass is 514 g/mol. The van der Waals surface area contributed by atoms with Crippen LogP contribution in [-0.2, 0) is 4.79 Å². The van der Waals surface area contributed by atoms with Crippen molar-refractivity contribution in [2.24, 2.45) is 0 Å². The second kappa shape index (κ2) is 12.2. The Morgan fingerprint density at radius 1 is 1.11 bits per heavy atom. The van der Waals surface area contributed by atoms with Crippen LogP contribution in [0.2, 0.25) is 0 Å². The Morgan fingerprint density at radius 3 is 2.54 bits per heavy atom. The summed E-state index contributed by atoms with van der Waals surface area (Å²) in [5.41, 5.74) is 7.44. The number of carboxylic acids is 1. The maximum Gasteiger partial charge on any atom is 0.304 e. The molecule has 0 fully saturated rings. The van der Waals surface area contributed by atoms with E-state index in [1.807, 2.05) is 30.3 Å². The zero-order chi connectivity index (χ0) is 26.4. The highest BCUT2D eigenvalue weighted by atomic mass is 32.2. The second-order valence-electron chi connectivity index (χ2n) is 9.45. The van der Waals surface area contributed by atoms with Crippen LogP contribution in [0.3, 0.4) is 0 Å². The second-order valence-corrected chi connectivity index (χ2v) is 11.7. The Kier molecular flexibility index (Phi) is 8.74. The van der Waals surface area contributed by atoms with Gasteiger partial charge in [0.25, 0.3) is 0 Å². The minimum absolute atomic E-state index is 0.0775. The van der Waals surface area contributed by atoms with Crippen LogP contribution in [0.1, 0.15) is 53.5 Å². The average molecular weight is 515 g/mol. The molecule has 0 amide bonds. The van der Waals surface area contributed by atoms with E-state index >= 15 is 0 Å². The maximum atomic E-state index is 11.1. The summed E-state index contributed by atoms with van der Waals surface area (Å²) in [5, 5.41) is 11.4. The average Bonchev–Trinajstić information content (AvgIpc) is 3.26. The summed E-state index contributed by atoms with van der Waals surface area (Å²) in [7, 11) is 0.366. The van der Waals surface area contributed by atoms with Gasteiger partial charge in [-0.25, -0.2) is 0 Å². The first kappa shape index (κ1) is 26.6. The van der Waals surface area contributed by atoms with Gasteiger partial charge in [-0.1, -0.05) is 35.4 Å². The summed E-state index contributed by atoms with van der Waals surface area (Å²) in [6.45, 7) is 7.53. The molecule has 5 heteroatoms. The van der Waals surface area contributed by atoms with E-state index in [0.717, 1.165) is 46.8 Å². The third-order valence-corrected chi connectivity index (χ3v) is 8.34. The number of benzene rings is 3. The molecule has 3 aromatic rings. The highest BCUT2D eigenvalue weighted by molar-refractivity contribution is 8.14. The Balaban J connectivity index is 1.48. The number of rotatable bonds is 8. The molecule has 0 aromatic heterocycles. The molecule has 37 heavy (non-hydrogen) atoms. The van der Waals surface area contributed by atoms with Crippen LogP contribution in [0, 0.1) is 25.7 Å². The van der Waals surface area contributed by atoms with Crippen LogP contribution in [-0.4, -0.2) is 41.7 Å². The molecular formula is C32H34O4S. The van der Waals surface area contributed by atoms with Crippen LogP contribution in [0.15, 0.2) is 54.6 Å². The predicted molar refractivity (Wildman–Crippen MR) is 154 cm³/mol. The fourth-order valence-corrected chi connectivity index (χ4v) is 5.50. The molecule has 0 bridgehead atoms. The number of aliphatic carboxylic acids is 1. The molecule has 1 aliphatic heterocycles. The SMILES string of the molecule is C/C=S(\C)CCCOc1cc(C)c(-c2cccc(C#Cc3ccc4c(c3)OCC4CC(=O)O)c2)c(C)c1. The number of hydrogen-bond donors (Lipinski definition) is 1. The van der Waals surface area contributed by atoms with E-state index in [2.05, 4.69) is 68.5 Å². The summed E-state index contributed by atoms with van der Waals surface area (Å²) in [4.78, 5) is 11.1. The number of fused-ring (bicyclic) bond motifs is 1. The van der Waals surface area contributed by atoms with Gasteiger partial charge < -0.3 is 14.6 Å². The third-order valence-electron chi connectivity index (χ3n) is 6.60. The lowest BCUT2D eigenvalue weighted by Gasteiger charge is -2.14. The molecule has 192 valence electrons. The first-order valence-electron chi connectivity index (χ1n) is 12.6. The standard InChI is InChI=1S/C32H34O4S/c1-5-37(4)15-7-14-35-28-16-22(2)32(23(3)17-28)26-9-6-8-24(18-26)10-11-25-12-13-29-27(20-31(33)34)21-36-30(29)19-25/h5-6,8-9,12-13,16-19,27H,7,14-15,20-21H2,1-4H3,(H,33,34). The number of ether oxygens (including phenoxy) is 2. The largest absolute Gasteiger partial charge is 0.494 e. The fraction of sp³-hybridized carbons (Fsp3) is 0.312. The Hall–Kier alpha value is -3.49. The van der Waals surface area contributed by atoms with Crippen molar-refractivity contribution in [2.75, 3.05) is 25.2 Å². The molecule has 1 aliphatic rings. The summed E-state index contributed by atoms with van der Waals surface area (Å²) >= 11 is 0. The van der Waals surface area contributed by atoms with Crippen molar-refractivity contribution in [3.05, 3.63) is 82.4 Å². The van der Waals surface area contributed by atoms with Crippen molar-refractivity contribution in [1.82, 2.24) is 0 Å². The van der Waals surface area contributed by atoms with E-state index in [9.17, 15) is 4.79 Å². The molecule has 4 nitrogen and oxygen atoms in total. The molecular weight excluding hydrogens is 480 g/mol. The Labute approximate surface area is 222 Å². The molecule has 4 rings (SSSR count). The quantitative estimate of drug-likeness (QED) is 0.204. The summed E-state index contributed by atoms with van der Waals surface area (Å²) in [5.74, 6) is 8.44. The number of hydrogen-bond acceptors (Lipinski definition) is 3. The van der Waals surface area contributed by atoms with Gasteiger partial charge >= 0.3 is 5.97 Å². The van der Waals surface area contributed by atoms with Gasteiger partial charge in [0.15, 0.2) is 0 Å². The molecule has 1 heterocycles. The van der Waals surface area contributed by atoms with E-state index in [-0.39, 0.29) is 12.3 Å². The lowest BCUT2D eigenvalue weighted by molar-refractivity contribution is -0.137. The third kappa shape index (κ3) is 6.84. The lowest BCUT2D eigenvalue weighted by atomic mass is 9.94. The molecule has 0 aliphatic carbocycles. The van der Waals surface area contributed by atoms with Gasteiger partial charge in [-0.2, -0.15) is 10.5 Å². The highest BCUT2D eigenvalue weighted by Crippen LogP contribution is 2.36. The highest BCUT2D eigenvalue weighted by Gasteiger charge is 2.26. The number of carboxylic acid groups (broad SMARTS) is 1. The van der Waals surface area contributed by atoms with E-state index in [1.165, 1.54) is 22.4 Å². The van der Waals surface area contributed by atoms with Crippen molar-refractivity contribution in [3.8, 4) is 34.5 Å². The zero-order valence-electron chi connectivity index (χ0n) is 22.0. The topological polar surface area (TPSA) is 55.8 Å². The van der Waals surface area contributed by atoms with Crippen LogP contribution in [0.25, 0.3) is 11.1 Å². The van der Waals surface area contributed by atoms with Crippen molar-refractivity contribution >= 4 is 21.8 Å². The van der Waals surface area contributed by atoms with Gasteiger partial charge in [-0.15, -0.1) is 0 Å². The molecule has 0 spiro atoms. The normalized spacial score (nSPS) is 14.9. The van der Waals surface area contributed by atoms with Gasteiger partial charge in [-0.3, -0.25) is 4.79 Å². The Morgan fingerprint density at radius 2 is 1.84 bits per heavy atom. The Bertz CT molecular complexity index is 1370. The summed E-state index contributed by atoms with van der Waals surface area (Å²) in [6.07, 6.45) is 3.40. The summed E-state index contributed by atoms with van der Waals surface area (Å²) < 4.78 is 11.8. The smallest absolute Gasteiger partial charge is 0.304 e. The van der Waals surface area contributed by atoms with E-state index < -0.39 is 5.97 Å². The van der Waals surface area contributed by atoms with Gasteiger partial charge in [0.2, 0.25) is 0 Å². The molecule has 0 radical (unpaired) electrons. The predicted octanol–water partition coefficient (Wildman–Crippen LogP) is 6.81. The zero-order valence-corrected chi connectivity index (χ0v) is 22.8. The van der Waals surface area contributed by atoms with Crippen molar-refractivity contribution in [1.29, 1.82) is 0 Å². The van der Waals surface area contributed by atoms with E-state index in [1.54, 1.807) is 0 Å². The van der Waals surface area contributed by atoms with E-state index in [4.69, 9.17) is 14.6 Å². The van der Waals surface area contributed by atoms with Crippen molar-refractivity contribution in [3.63, 3.8) is 0 Å². The van der Waals surface area contributed by atoms with Crippen molar-refractivity contribution in [2.45, 2.75) is 39.5 Å². The first-order valence-corrected chi connectivity index (χ1v) is 14.5. The van der Waals surface area contributed by atoms with E-state index in [0.29, 0.717) is 17.1 Å². The molecule has 2 atom stereocenters. The molecule has 0 saturated carbocycles. The molecule has 0 saturated heterocycles. The van der Waals surface area contributed by atoms with Gasteiger partial charge in [0, 0.05) is 22.6 Å². The minimum Gasteiger partial charge on any atom is -0.494 e. The lowest BCUT2D eigenvalue weighted by Crippen LogP contribution is -2.07. The summed E-state index contributed by atoms with van der Waals surface area (Å²) in [6, 6.07) is 18.3. The van der Waals surface area contributed by atoms with Gasteiger partial charge in [0.05, 0.1) is 19.6 Å². The van der Waals surface area contributed by atoms with Gasteiger partial charge in [0.1, 0.15) is 11.5 Å². The fourth-order valence-electron chi connectivity index (χ4n) is 4.69. The van der Waals surface area contributed by atoms with Crippen LogP contribution >= 0.6 is 10.5 Å². The van der Waals surface area contributed by atoms with Crippen LogP contribution in [0.5, 0.6) is 11.5 Å². The maximum absolute atomic E-state index is 11.1. The molecule has 1 N–H and O–H groups in total. The van der Waals surface area contributed by atoms with Gasteiger partial charge in [-0.05, 0) is 97.9 Å². The minimum atomic E-state index is -0.811. The van der Waals surface area contributed by atoms with Crippen LogP contribution in [0.4, 0.5) is 0 Å². The number of aryl methyl sites for hydroxylation is 2. The molecule has 2 unspecified atom stereocenters. The van der Waals surface area contributed by atoms with Crippen molar-refractivity contribution < 1.29 is 19.4 Å². The van der Waals surface area contributed by atoms with Crippen LogP contribution < -0.4 is 9.47 Å².